The second-order valence-corrected chi connectivity index (χ2v) is 12.7. The molecular formula is C31H43FN4O5. The number of fused-ring (bicyclic) bond motifs is 1. The van der Waals surface area contributed by atoms with Crippen LogP contribution in [0.15, 0.2) is 18.2 Å². The van der Waals surface area contributed by atoms with Gasteiger partial charge in [-0.05, 0) is 49.7 Å². The zero-order valence-electron chi connectivity index (χ0n) is 24.8. The van der Waals surface area contributed by atoms with Crippen molar-refractivity contribution in [3.63, 3.8) is 0 Å². The van der Waals surface area contributed by atoms with E-state index in [0.717, 1.165) is 18.8 Å². The minimum absolute atomic E-state index is 0.0964. The summed E-state index contributed by atoms with van der Waals surface area (Å²) >= 11 is 0. The van der Waals surface area contributed by atoms with Crippen molar-refractivity contribution in [1.82, 2.24) is 20.2 Å². The number of nitrogens with zero attached hydrogens (tertiary/aromatic N) is 3. The number of Topliss-reactive ketones (excluding diaryl/α,β-unsaturated/α-hetero) is 1. The highest BCUT2D eigenvalue weighted by atomic mass is 19.1. The van der Waals surface area contributed by atoms with Crippen LogP contribution in [-0.4, -0.2) is 62.5 Å². The third kappa shape index (κ3) is 7.51. The van der Waals surface area contributed by atoms with Crippen LogP contribution in [-0.2, 0) is 16.0 Å². The molecule has 1 aromatic carbocycles. The summed E-state index contributed by atoms with van der Waals surface area (Å²) in [5.74, 6) is -0.236. The van der Waals surface area contributed by atoms with Gasteiger partial charge in [0.25, 0.3) is 0 Å². The number of nitrogens with one attached hydrogen (secondary N) is 1. The van der Waals surface area contributed by atoms with Crippen LogP contribution in [0.1, 0.15) is 85.3 Å². The molecule has 4 rings (SSSR count). The maximum absolute atomic E-state index is 14.1. The number of amides is 2. The fraction of sp³-hybridized carbons (Fsp3) is 0.645. The van der Waals surface area contributed by atoms with E-state index in [0.29, 0.717) is 35.4 Å². The molecule has 10 heteroatoms. The van der Waals surface area contributed by atoms with Gasteiger partial charge in [0.15, 0.2) is 5.78 Å². The minimum Gasteiger partial charge on any atom is -0.471 e. The van der Waals surface area contributed by atoms with Crippen molar-refractivity contribution in [2.24, 2.45) is 17.3 Å². The van der Waals surface area contributed by atoms with Gasteiger partial charge in [0.2, 0.25) is 11.8 Å². The zero-order valence-corrected chi connectivity index (χ0v) is 24.8. The Morgan fingerprint density at radius 3 is 2.49 bits per heavy atom. The van der Waals surface area contributed by atoms with Gasteiger partial charge in [0.1, 0.15) is 23.7 Å². The van der Waals surface area contributed by atoms with Crippen LogP contribution in [0.2, 0.25) is 0 Å². The number of hydrogen-bond acceptors (Lipinski definition) is 6. The van der Waals surface area contributed by atoms with Gasteiger partial charge in [0, 0.05) is 12.0 Å². The van der Waals surface area contributed by atoms with E-state index >= 15 is 0 Å². The molecule has 224 valence electrons. The van der Waals surface area contributed by atoms with E-state index in [9.17, 15) is 23.9 Å². The van der Waals surface area contributed by atoms with E-state index < -0.39 is 41.4 Å². The molecule has 4 atom stereocenters. The molecule has 2 aliphatic rings. The maximum atomic E-state index is 14.1. The van der Waals surface area contributed by atoms with Crippen LogP contribution in [0.3, 0.4) is 0 Å². The Kier molecular flexibility index (Phi) is 9.49. The maximum Gasteiger partial charge on any atom is 0.405 e. The number of aryl methyl sites for hydroxylation is 1. The number of aromatic nitrogens is 2. The molecule has 1 saturated heterocycles. The van der Waals surface area contributed by atoms with Gasteiger partial charge in [-0.1, -0.05) is 59.8 Å². The van der Waals surface area contributed by atoms with E-state index in [-0.39, 0.29) is 18.2 Å². The number of hydrogen-bond donors (Lipinski definition) is 2. The van der Waals surface area contributed by atoms with Crippen molar-refractivity contribution in [3.8, 4) is 5.88 Å². The SMILES string of the molecule is CCC1[C@@H](Oc2nc3cc(F)ccc3nc2CCCCCC2CC2)CN(C(=O)[C@@H](NC(=O)O)C(C)(C)C)[C@@H]1C(C)=O. The molecule has 2 heterocycles. The first-order valence-corrected chi connectivity index (χ1v) is 14.8. The average molecular weight is 571 g/mol. The lowest BCUT2D eigenvalue weighted by atomic mass is 9.85. The van der Waals surface area contributed by atoms with Crippen LogP contribution >= 0.6 is 0 Å². The molecule has 1 unspecified atom stereocenters. The number of unbranched alkanes of at least 4 members (excludes halogenated alkanes) is 2. The fourth-order valence-corrected chi connectivity index (χ4v) is 5.93. The number of likely N-dealkylation sites (tertiary alicyclic amines) is 1. The number of carboxylic acid groups (broad SMARTS) is 1. The highest BCUT2D eigenvalue weighted by Crippen LogP contribution is 2.36. The smallest absolute Gasteiger partial charge is 0.405 e. The number of benzene rings is 1. The van der Waals surface area contributed by atoms with Gasteiger partial charge >= 0.3 is 6.09 Å². The Morgan fingerprint density at radius 1 is 1.15 bits per heavy atom. The van der Waals surface area contributed by atoms with E-state index in [1.54, 1.807) is 26.8 Å². The fourth-order valence-electron chi connectivity index (χ4n) is 5.93. The second kappa shape index (κ2) is 12.7. The minimum atomic E-state index is -1.31. The van der Waals surface area contributed by atoms with Crippen molar-refractivity contribution in [1.29, 1.82) is 0 Å². The molecule has 2 N–H and O–H groups in total. The van der Waals surface area contributed by atoms with Gasteiger partial charge in [0.05, 0.1) is 23.6 Å². The highest BCUT2D eigenvalue weighted by Gasteiger charge is 2.50. The number of carbonyl (C=O) groups is 3. The summed E-state index contributed by atoms with van der Waals surface area (Å²) in [6, 6.07) is 2.47. The van der Waals surface area contributed by atoms with Crippen molar-refractivity contribution >= 4 is 28.8 Å². The third-order valence-corrected chi connectivity index (χ3v) is 8.29. The van der Waals surface area contributed by atoms with Crippen LogP contribution in [0, 0.1) is 23.1 Å². The molecule has 0 radical (unpaired) electrons. The number of ketones is 1. The summed E-state index contributed by atoms with van der Waals surface area (Å²) in [4.78, 5) is 49.1. The Hall–Kier alpha value is -3.30. The molecule has 2 amide bonds. The first-order chi connectivity index (χ1) is 19.4. The molecule has 41 heavy (non-hydrogen) atoms. The number of carbonyl (C=O) groups excluding carboxylic acids is 2. The highest BCUT2D eigenvalue weighted by molar-refractivity contribution is 5.92. The van der Waals surface area contributed by atoms with Gasteiger partial charge in [-0.3, -0.25) is 9.59 Å². The van der Waals surface area contributed by atoms with Crippen LogP contribution in [0.4, 0.5) is 9.18 Å². The first kappa shape index (κ1) is 30.7. The predicted octanol–water partition coefficient (Wildman–Crippen LogP) is 5.54. The van der Waals surface area contributed by atoms with E-state index in [4.69, 9.17) is 9.72 Å². The van der Waals surface area contributed by atoms with Crippen molar-refractivity contribution in [2.45, 2.75) is 104 Å². The normalized spacial score (nSPS) is 21.6. The van der Waals surface area contributed by atoms with E-state index in [1.807, 2.05) is 6.92 Å². The molecule has 1 aromatic heterocycles. The summed E-state index contributed by atoms with van der Waals surface area (Å²) in [6.45, 7) is 8.80. The average Bonchev–Trinajstić information content (AvgIpc) is 3.64. The molecule has 2 aromatic rings. The summed E-state index contributed by atoms with van der Waals surface area (Å²) in [5.41, 5.74) is 0.905. The molecule has 1 aliphatic heterocycles. The van der Waals surface area contributed by atoms with Gasteiger partial charge < -0.3 is 20.1 Å². The summed E-state index contributed by atoms with van der Waals surface area (Å²) in [6.07, 6.45) is 6.42. The predicted molar refractivity (Wildman–Crippen MR) is 153 cm³/mol. The quantitative estimate of drug-likeness (QED) is 0.322. The topological polar surface area (TPSA) is 122 Å². The molecule has 1 aliphatic carbocycles. The lowest BCUT2D eigenvalue weighted by Gasteiger charge is -2.35. The zero-order chi connectivity index (χ0) is 29.9. The van der Waals surface area contributed by atoms with Crippen molar-refractivity contribution in [3.05, 3.63) is 29.7 Å². The molecular weight excluding hydrogens is 527 g/mol. The Morgan fingerprint density at radius 2 is 1.88 bits per heavy atom. The molecule has 0 spiro atoms. The van der Waals surface area contributed by atoms with E-state index in [1.165, 1.54) is 49.6 Å². The Balaban J connectivity index is 1.61. The van der Waals surface area contributed by atoms with Crippen LogP contribution in [0.25, 0.3) is 11.0 Å². The summed E-state index contributed by atoms with van der Waals surface area (Å²) in [7, 11) is 0. The first-order valence-electron chi connectivity index (χ1n) is 14.8. The number of halogens is 1. The second-order valence-electron chi connectivity index (χ2n) is 12.7. The third-order valence-electron chi connectivity index (χ3n) is 8.29. The van der Waals surface area contributed by atoms with Gasteiger partial charge in [-0.15, -0.1) is 0 Å². The van der Waals surface area contributed by atoms with E-state index in [2.05, 4.69) is 10.3 Å². The molecule has 9 nitrogen and oxygen atoms in total. The number of rotatable bonds is 12. The molecule has 2 fully saturated rings. The van der Waals surface area contributed by atoms with Crippen molar-refractivity contribution in [2.75, 3.05) is 6.54 Å². The lowest BCUT2D eigenvalue weighted by molar-refractivity contribution is -0.141. The summed E-state index contributed by atoms with van der Waals surface area (Å²) in [5, 5.41) is 11.8. The number of ether oxygens (including phenoxy) is 1. The van der Waals surface area contributed by atoms with Crippen LogP contribution < -0.4 is 10.1 Å². The Labute approximate surface area is 241 Å². The Bertz CT molecular complexity index is 1280. The van der Waals surface area contributed by atoms with Gasteiger partial charge in [-0.2, -0.15) is 0 Å². The van der Waals surface area contributed by atoms with Crippen LogP contribution in [0.5, 0.6) is 5.88 Å². The largest absolute Gasteiger partial charge is 0.471 e. The standard InChI is InChI=1S/C31H43FN4O5/c1-6-21-25(17-36(26(21)18(2)37)29(38)27(31(3,4)5)35-30(39)40)41-28-23(11-9-7-8-10-19-12-13-19)33-22-15-14-20(32)16-24(22)34-28/h14-16,19,21,25-27,35H,6-13,17H2,1-5H3,(H,39,40)/t21?,25-,26+,27+/m0/s1. The lowest BCUT2D eigenvalue weighted by Crippen LogP contribution is -2.56. The van der Waals surface area contributed by atoms with Gasteiger partial charge in [-0.25, -0.2) is 19.2 Å². The summed E-state index contributed by atoms with van der Waals surface area (Å²) < 4.78 is 20.5. The van der Waals surface area contributed by atoms with Crippen molar-refractivity contribution < 1.29 is 28.6 Å². The molecule has 1 saturated carbocycles. The molecule has 0 bridgehead atoms. The monoisotopic (exact) mass is 570 g/mol.